The second-order valence-electron chi connectivity index (χ2n) is 9.58. The molecule has 0 bridgehead atoms. The predicted octanol–water partition coefficient (Wildman–Crippen LogP) is 4.66. The topological polar surface area (TPSA) is 23.6 Å². The summed E-state index contributed by atoms with van der Waals surface area (Å²) < 4.78 is 0. The van der Waals surface area contributed by atoms with Crippen molar-refractivity contribution in [3.8, 4) is 0 Å². The summed E-state index contributed by atoms with van der Waals surface area (Å²) in [5.41, 5.74) is 4.17. The lowest BCUT2D eigenvalue weighted by Gasteiger charge is -2.45. The van der Waals surface area contributed by atoms with Crippen LogP contribution in [0.4, 0.5) is 0 Å². The normalized spacial score (nSPS) is 32.3. The van der Waals surface area contributed by atoms with Crippen LogP contribution in [0.25, 0.3) is 0 Å². The van der Waals surface area contributed by atoms with E-state index in [-0.39, 0.29) is 5.92 Å². The Hall–Kier alpha value is -1.87. The van der Waals surface area contributed by atoms with Gasteiger partial charge in [-0.2, -0.15) is 0 Å². The molecule has 2 aliphatic heterocycles. The van der Waals surface area contributed by atoms with Gasteiger partial charge in [-0.3, -0.25) is 4.79 Å². The molecule has 4 unspecified atom stereocenters. The van der Waals surface area contributed by atoms with Gasteiger partial charge in [0.25, 0.3) is 0 Å². The third-order valence-corrected chi connectivity index (χ3v) is 7.88. The average molecular weight is 391 g/mol. The van der Waals surface area contributed by atoms with Gasteiger partial charge in [0.1, 0.15) is 0 Å². The maximum atomic E-state index is 13.3. The van der Waals surface area contributed by atoms with Gasteiger partial charge in [0.15, 0.2) is 0 Å². The van der Waals surface area contributed by atoms with Crippen molar-refractivity contribution in [2.24, 2.45) is 23.7 Å². The van der Waals surface area contributed by atoms with Gasteiger partial charge in [-0.25, -0.2) is 0 Å². The molecule has 2 saturated heterocycles. The van der Waals surface area contributed by atoms with Crippen LogP contribution in [0.5, 0.6) is 0 Å². The Labute approximate surface area is 175 Å². The molecule has 1 amide bonds. The number of likely N-dealkylation sites (tertiary alicyclic amines) is 2. The first-order valence-electron chi connectivity index (χ1n) is 11.7. The number of benzene rings is 1. The minimum Gasteiger partial charge on any atom is -0.309 e. The molecular weight excluding hydrogens is 356 g/mol. The van der Waals surface area contributed by atoms with Crippen LogP contribution in [-0.4, -0.2) is 41.4 Å². The highest BCUT2D eigenvalue weighted by Crippen LogP contribution is 2.54. The predicted molar refractivity (Wildman–Crippen MR) is 117 cm³/mol. The second kappa shape index (κ2) is 7.75. The van der Waals surface area contributed by atoms with Crippen LogP contribution in [0.1, 0.15) is 45.1 Å². The highest BCUT2D eigenvalue weighted by Gasteiger charge is 2.49. The largest absolute Gasteiger partial charge is 0.309 e. The Kier molecular flexibility index (Phi) is 5.11. The van der Waals surface area contributed by atoms with E-state index in [1.54, 1.807) is 0 Å². The number of piperidine rings is 2. The zero-order valence-corrected chi connectivity index (χ0v) is 17.9. The Balaban J connectivity index is 1.26. The molecular formula is C26H34N2O. The number of nitrogens with zero attached hydrogens (tertiary/aromatic N) is 2. The lowest BCUT2D eigenvalue weighted by atomic mass is 9.83. The van der Waals surface area contributed by atoms with E-state index in [1.807, 2.05) is 0 Å². The highest BCUT2D eigenvalue weighted by molar-refractivity contribution is 5.84. The summed E-state index contributed by atoms with van der Waals surface area (Å²) in [4.78, 5) is 18.2. The molecule has 2 aliphatic carbocycles. The minimum atomic E-state index is 0.181. The van der Waals surface area contributed by atoms with E-state index in [2.05, 4.69) is 66.1 Å². The van der Waals surface area contributed by atoms with Gasteiger partial charge in [-0.15, -0.1) is 0 Å². The monoisotopic (exact) mass is 390 g/mol. The molecule has 3 heteroatoms. The van der Waals surface area contributed by atoms with Crippen molar-refractivity contribution in [2.45, 2.75) is 52.0 Å². The van der Waals surface area contributed by atoms with Crippen molar-refractivity contribution in [2.75, 3.05) is 19.6 Å². The van der Waals surface area contributed by atoms with Crippen molar-refractivity contribution in [3.63, 3.8) is 0 Å². The van der Waals surface area contributed by atoms with Gasteiger partial charge in [-0.05, 0) is 61.0 Å². The van der Waals surface area contributed by atoms with Crippen LogP contribution < -0.4 is 0 Å². The fraction of sp³-hybridized carbons (Fsp3) is 0.577. The molecule has 2 heterocycles. The maximum absolute atomic E-state index is 13.3. The number of amides is 1. The van der Waals surface area contributed by atoms with Gasteiger partial charge in [0.05, 0.1) is 0 Å². The third-order valence-electron chi connectivity index (χ3n) is 7.88. The number of fused-ring (bicyclic) bond motifs is 2. The number of hydrogen-bond acceptors (Lipinski definition) is 2. The molecule has 0 radical (unpaired) electrons. The van der Waals surface area contributed by atoms with E-state index in [0.717, 1.165) is 63.6 Å². The Morgan fingerprint density at radius 1 is 1.03 bits per heavy atom. The molecule has 5 rings (SSSR count). The second-order valence-corrected chi connectivity index (χ2v) is 9.58. The number of carbonyl (C=O) groups excluding carboxylic acids is 1. The standard InChI is InChI=1S/C26H34N2O/c1-3-20-15-21-16-23-18(2)24(23)17-25(21)28(26(20)29)22-10-13-27(14-11-22)12-9-19-7-5-4-6-8-19/h4-8,16-18,20,22-24H,3,9-15H2,1-2H3. The SMILES string of the molecule is CCC1CC2=CC3C(C)C3C=C2N(C2CCN(CCc3ccccc3)CC2)C1=O. The Morgan fingerprint density at radius 2 is 1.76 bits per heavy atom. The van der Waals surface area contributed by atoms with Crippen molar-refractivity contribution < 1.29 is 4.79 Å². The van der Waals surface area contributed by atoms with Crippen LogP contribution >= 0.6 is 0 Å². The lowest BCUT2D eigenvalue weighted by molar-refractivity contribution is -0.137. The average Bonchev–Trinajstić information content (AvgIpc) is 3.40. The van der Waals surface area contributed by atoms with E-state index in [9.17, 15) is 4.79 Å². The summed E-state index contributed by atoms with van der Waals surface area (Å²) in [6.07, 6.45) is 10.2. The zero-order chi connectivity index (χ0) is 20.0. The van der Waals surface area contributed by atoms with Gasteiger partial charge < -0.3 is 9.80 Å². The summed E-state index contributed by atoms with van der Waals surface area (Å²) in [6, 6.07) is 11.2. The summed E-state index contributed by atoms with van der Waals surface area (Å²) in [5, 5.41) is 0. The first-order valence-corrected chi connectivity index (χ1v) is 11.7. The van der Waals surface area contributed by atoms with Crippen molar-refractivity contribution in [1.82, 2.24) is 9.80 Å². The third kappa shape index (κ3) is 3.59. The molecule has 0 spiro atoms. The fourth-order valence-corrected chi connectivity index (χ4v) is 5.76. The van der Waals surface area contributed by atoms with E-state index in [4.69, 9.17) is 0 Å². The summed E-state index contributed by atoms with van der Waals surface area (Å²) in [6.45, 7) is 7.86. The molecule has 29 heavy (non-hydrogen) atoms. The van der Waals surface area contributed by atoms with E-state index in [1.165, 1.54) is 16.8 Å². The van der Waals surface area contributed by atoms with Gasteiger partial charge >= 0.3 is 0 Å². The lowest BCUT2D eigenvalue weighted by Crippen LogP contribution is -2.51. The Morgan fingerprint density at radius 3 is 2.48 bits per heavy atom. The Bertz CT molecular complexity index is 818. The van der Waals surface area contributed by atoms with Crippen molar-refractivity contribution >= 4 is 5.91 Å². The molecule has 1 saturated carbocycles. The van der Waals surface area contributed by atoms with Gasteiger partial charge in [0, 0.05) is 37.3 Å². The minimum absolute atomic E-state index is 0.181. The molecule has 0 aromatic heterocycles. The molecule has 0 N–H and O–H groups in total. The number of hydrogen-bond donors (Lipinski definition) is 0. The van der Waals surface area contributed by atoms with E-state index >= 15 is 0 Å². The molecule has 3 fully saturated rings. The molecule has 3 nitrogen and oxygen atoms in total. The van der Waals surface area contributed by atoms with Gasteiger partial charge in [0.2, 0.25) is 5.91 Å². The molecule has 1 aromatic carbocycles. The zero-order valence-electron chi connectivity index (χ0n) is 17.9. The smallest absolute Gasteiger partial charge is 0.230 e. The molecule has 1 aromatic rings. The van der Waals surface area contributed by atoms with Crippen LogP contribution in [0.2, 0.25) is 0 Å². The van der Waals surface area contributed by atoms with Crippen LogP contribution in [0.15, 0.2) is 53.8 Å². The van der Waals surface area contributed by atoms with Crippen LogP contribution in [0.3, 0.4) is 0 Å². The molecule has 154 valence electrons. The van der Waals surface area contributed by atoms with Crippen molar-refractivity contribution in [1.29, 1.82) is 0 Å². The quantitative estimate of drug-likeness (QED) is 0.730. The fourth-order valence-electron chi connectivity index (χ4n) is 5.76. The summed E-state index contributed by atoms with van der Waals surface area (Å²) in [5.74, 6) is 2.75. The van der Waals surface area contributed by atoms with Crippen LogP contribution in [-0.2, 0) is 11.2 Å². The summed E-state index contributed by atoms with van der Waals surface area (Å²) in [7, 11) is 0. The number of rotatable bonds is 5. The maximum Gasteiger partial charge on any atom is 0.230 e. The number of carbonyl (C=O) groups is 1. The first-order chi connectivity index (χ1) is 14.2. The van der Waals surface area contributed by atoms with Crippen molar-refractivity contribution in [3.05, 3.63) is 59.3 Å². The highest BCUT2D eigenvalue weighted by atomic mass is 16.2. The number of allylic oxidation sites excluding steroid dienone is 3. The van der Waals surface area contributed by atoms with Gasteiger partial charge in [-0.1, -0.05) is 56.3 Å². The molecule has 4 atom stereocenters. The summed E-state index contributed by atoms with van der Waals surface area (Å²) >= 11 is 0. The van der Waals surface area contributed by atoms with Crippen LogP contribution in [0, 0.1) is 23.7 Å². The van der Waals surface area contributed by atoms with E-state index < -0.39 is 0 Å². The first kappa shape index (κ1) is 19.1. The van der Waals surface area contributed by atoms with E-state index in [0.29, 0.717) is 17.9 Å². The molecule has 4 aliphatic rings.